The van der Waals surface area contributed by atoms with Crippen molar-refractivity contribution in [3.8, 4) is 0 Å². The molecule has 1 rings (SSSR count). The maximum atomic E-state index is 11.9. The first kappa shape index (κ1) is 13.4. The van der Waals surface area contributed by atoms with Crippen LogP contribution >= 0.6 is 0 Å². The van der Waals surface area contributed by atoms with Crippen LogP contribution in [0.25, 0.3) is 0 Å². The number of amides is 1. The maximum Gasteiger partial charge on any atom is 0.280 e. The molecule has 94 valence electrons. The highest BCUT2D eigenvalue weighted by Gasteiger charge is 2.29. The molecule has 0 aromatic rings. The molecule has 1 aliphatic heterocycles. The predicted octanol–water partition coefficient (Wildman–Crippen LogP) is -0.559. The monoisotopic (exact) mass is 249 g/mol. The van der Waals surface area contributed by atoms with Gasteiger partial charge in [-0.1, -0.05) is 0 Å². The number of carbonyl (C=O) groups excluding carboxylic acids is 1. The third kappa shape index (κ3) is 4.07. The fourth-order valence-corrected chi connectivity index (χ4v) is 2.99. The first-order valence-electron chi connectivity index (χ1n) is 5.26. The number of nitrogens with zero attached hydrogens (tertiary/aromatic N) is 1. The zero-order valence-electron chi connectivity index (χ0n) is 9.91. The van der Waals surface area contributed by atoms with Gasteiger partial charge in [-0.3, -0.25) is 4.79 Å². The number of hydrogen-bond acceptors (Lipinski definition) is 3. The number of rotatable bonds is 2. The van der Waals surface area contributed by atoms with E-state index in [1.165, 1.54) is 4.31 Å². The van der Waals surface area contributed by atoms with E-state index >= 15 is 0 Å². The van der Waals surface area contributed by atoms with Crippen molar-refractivity contribution >= 4 is 16.1 Å². The van der Waals surface area contributed by atoms with Gasteiger partial charge in [-0.2, -0.15) is 17.4 Å². The Morgan fingerprint density at radius 1 is 1.38 bits per heavy atom. The van der Waals surface area contributed by atoms with Crippen LogP contribution < -0.4 is 10.0 Å². The molecule has 1 fully saturated rings. The van der Waals surface area contributed by atoms with Crippen molar-refractivity contribution in [1.29, 1.82) is 0 Å². The van der Waals surface area contributed by atoms with Crippen LogP contribution in [0, 0.1) is 0 Å². The number of carbonyl (C=O) groups is 1. The van der Waals surface area contributed by atoms with E-state index in [0.717, 1.165) is 0 Å². The molecule has 0 aromatic heterocycles. The lowest BCUT2D eigenvalue weighted by atomic mass is 10.1. The lowest BCUT2D eigenvalue weighted by Gasteiger charge is -2.26. The van der Waals surface area contributed by atoms with Gasteiger partial charge in [0.25, 0.3) is 10.2 Å². The summed E-state index contributed by atoms with van der Waals surface area (Å²) >= 11 is 0. The van der Waals surface area contributed by atoms with Gasteiger partial charge in [0.2, 0.25) is 5.91 Å². The largest absolute Gasteiger partial charge is 0.355 e. The SMILES string of the molecule is CC(C)(C)NS(=O)(=O)N1CCCNC(=O)C1. The second-order valence-corrected chi connectivity index (χ2v) is 6.56. The zero-order valence-corrected chi connectivity index (χ0v) is 10.7. The van der Waals surface area contributed by atoms with E-state index in [2.05, 4.69) is 10.0 Å². The molecular weight excluding hydrogens is 230 g/mol. The number of nitrogens with one attached hydrogen (secondary N) is 2. The smallest absolute Gasteiger partial charge is 0.280 e. The Balaban J connectivity index is 2.78. The highest BCUT2D eigenvalue weighted by Crippen LogP contribution is 2.08. The molecule has 6 nitrogen and oxygen atoms in total. The Morgan fingerprint density at radius 2 is 2.00 bits per heavy atom. The normalized spacial score (nSPS) is 20.3. The molecule has 0 spiro atoms. The molecule has 0 atom stereocenters. The predicted molar refractivity (Wildman–Crippen MR) is 61.0 cm³/mol. The molecule has 2 N–H and O–H groups in total. The van der Waals surface area contributed by atoms with Gasteiger partial charge < -0.3 is 5.32 Å². The van der Waals surface area contributed by atoms with Crippen LogP contribution in [0.5, 0.6) is 0 Å². The Bertz CT molecular complexity index is 359. The van der Waals surface area contributed by atoms with Crippen LogP contribution in [0.4, 0.5) is 0 Å². The summed E-state index contributed by atoms with van der Waals surface area (Å²) in [6, 6.07) is 0. The molecule has 1 saturated heterocycles. The summed E-state index contributed by atoms with van der Waals surface area (Å²) < 4.78 is 27.6. The summed E-state index contributed by atoms with van der Waals surface area (Å²) in [6.45, 7) is 6.09. The Labute approximate surface area is 96.6 Å². The molecule has 7 heteroatoms. The highest BCUT2D eigenvalue weighted by molar-refractivity contribution is 7.87. The van der Waals surface area contributed by atoms with Gasteiger partial charge in [0, 0.05) is 18.6 Å². The van der Waals surface area contributed by atoms with Gasteiger partial charge in [-0.05, 0) is 27.2 Å². The van der Waals surface area contributed by atoms with E-state index in [9.17, 15) is 13.2 Å². The van der Waals surface area contributed by atoms with Gasteiger partial charge in [0.05, 0.1) is 6.54 Å². The molecular formula is C9H19N3O3S. The van der Waals surface area contributed by atoms with Gasteiger partial charge in [0.1, 0.15) is 0 Å². The first-order valence-corrected chi connectivity index (χ1v) is 6.70. The standard InChI is InChI=1S/C9H19N3O3S/c1-9(2,3)11-16(14,15)12-6-4-5-10-8(13)7-12/h11H,4-7H2,1-3H3,(H,10,13). The van der Waals surface area contributed by atoms with Gasteiger partial charge in [0.15, 0.2) is 0 Å². The molecule has 0 saturated carbocycles. The summed E-state index contributed by atoms with van der Waals surface area (Å²) in [5.41, 5.74) is -0.540. The summed E-state index contributed by atoms with van der Waals surface area (Å²) in [6.07, 6.45) is 0.636. The van der Waals surface area contributed by atoms with Crippen molar-refractivity contribution in [2.24, 2.45) is 0 Å². The van der Waals surface area contributed by atoms with E-state index in [4.69, 9.17) is 0 Å². The summed E-state index contributed by atoms with van der Waals surface area (Å²) in [4.78, 5) is 11.3. The average Bonchev–Trinajstić information content (AvgIpc) is 2.25. The van der Waals surface area contributed by atoms with Crippen LogP contribution in [-0.2, 0) is 15.0 Å². The molecule has 1 aliphatic rings. The lowest BCUT2D eigenvalue weighted by Crippen LogP contribution is -2.50. The van der Waals surface area contributed by atoms with Gasteiger partial charge in [-0.25, -0.2) is 0 Å². The topological polar surface area (TPSA) is 78.5 Å². The van der Waals surface area contributed by atoms with Gasteiger partial charge >= 0.3 is 0 Å². The van der Waals surface area contributed by atoms with Crippen molar-refractivity contribution in [2.45, 2.75) is 32.7 Å². The maximum absolute atomic E-state index is 11.9. The van der Waals surface area contributed by atoms with Crippen LogP contribution in [0.2, 0.25) is 0 Å². The second kappa shape index (κ2) is 4.68. The minimum atomic E-state index is -3.57. The summed E-state index contributed by atoms with van der Waals surface area (Å²) in [5.74, 6) is -0.253. The van der Waals surface area contributed by atoms with Crippen molar-refractivity contribution in [3.05, 3.63) is 0 Å². The molecule has 1 heterocycles. The molecule has 0 bridgehead atoms. The first-order chi connectivity index (χ1) is 7.21. The van der Waals surface area contributed by atoms with E-state index in [-0.39, 0.29) is 12.5 Å². The van der Waals surface area contributed by atoms with E-state index < -0.39 is 15.7 Å². The quantitative estimate of drug-likeness (QED) is 0.688. The lowest BCUT2D eigenvalue weighted by molar-refractivity contribution is -0.120. The molecule has 0 radical (unpaired) electrons. The Hall–Kier alpha value is -0.660. The fraction of sp³-hybridized carbons (Fsp3) is 0.889. The van der Waals surface area contributed by atoms with Crippen molar-refractivity contribution in [3.63, 3.8) is 0 Å². The Kier molecular flexibility index (Phi) is 3.92. The van der Waals surface area contributed by atoms with Crippen LogP contribution in [-0.4, -0.2) is 43.8 Å². The summed E-state index contributed by atoms with van der Waals surface area (Å²) in [7, 11) is -3.57. The third-order valence-corrected chi connectivity index (χ3v) is 3.86. The summed E-state index contributed by atoms with van der Waals surface area (Å²) in [5, 5.41) is 2.64. The molecule has 0 aromatic carbocycles. The molecule has 0 aliphatic carbocycles. The highest BCUT2D eigenvalue weighted by atomic mass is 32.2. The average molecular weight is 249 g/mol. The minimum absolute atomic E-state index is 0.106. The second-order valence-electron chi connectivity index (χ2n) is 4.89. The van der Waals surface area contributed by atoms with Crippen LogP contribution in [0.3, 0.4) is 0 Å². The molecule has 0 unspecified atom stereocenters. The number of hydrogen-bond donors (Lipinski definition) is 2. The van der Waals surface area contributed by atoms with Crippen molar-refractivity contribution < 1.29 is 13.2 Å². The van der Waals surface area contributed by atoms with Crippen molar-refractivity contribution in [2.75, 3.05) is 19.6 Å². The Morgan fingerprint density at radius 3 is 2.56 bits per heavy atom. The molecule has 1 amide bonds. The molecule has 16 heavy (non-hydrogen) atoms. The minimum Gasteiger partial charge on any atom is -0.355 e. The fourth-order valence-electron chi connectivity index (χ4n) is 1.43. The van der Waals surface area contributed by atoms with E-state index in [1.807, 2.05) is 0 Å². The zero-order chi connectivity index (χ0) is 12.4. The third-order valence-electron chi connectivity index (χ3n) is 2.00. The van der Waals surface area contributed by atoms with E-state index in [0.29, 0.717) is 19.5 Å². The van der Waals surface area contributed by atoms with E-state index in [1.54, 1.807) is 20.8 Å². The van der Waals surface area contributed by atoms with Crippen LogP contribution in [0.1, 0.15) is 27.2 Å². The van der Waals surface area contributed by atoms with Gasteiger partial charge in [-0.15, -0.1) is 0 Å². The van der Waals surface area contributed by atoms with Crippen molar-refractivity contribution in [1.82, 2.24) is 14.3 Å². The van der Waals surface area contributed by atoms with Crippen LogP contribution in [0.15, 0.2) is 0 Å².